The van der Waals surface area contributed by atoms with E-state index < -0.39 is 0 Å². The van der Waals surface area contributed by atoms with Gasteiger partial charge in [0.1, 0.15) is 0 Å². The van der Waals surface area contributed by atoms with Crippen LogP contribution in [0.25, 0.3) is 0 Å². The molecule has 2 N–H and O–H groups in total. The van der Waals surface area contributed by atoms with Gasteiger partial charge in [0.15, 0.2) is 0 Å². The lowest BCUT2D eigenvalue weighted by molar-refractivity contribution is 0.420. The van der Waals surface area contributed by atoms with Crippen LogP contribution in [0, 0.1) is 19.8 Å². The molecule has 0 aliphatic heterocycles. The molecule has 0 spiro atoms. The molecule has 1 heterocycles. The van der Waals surface area contributed by atoms with Crippen LogP contribution >= 0.6 is 0 Å². The van der Waals surface area contributed by atoms with Gasteiger partial charge in [-0.1, -0.05) is 20.3 Å². The maximum Gasteiger partial charge on any atom is 0.0628 e. The molecule has 0 aliphatic rings. The summed E-state index contributed by atoms with van der Waals surface area (Å²) in [6, 6.07) is 0.309. The molecule has 0 amide bonds. The molecule has 0 aliphatic carbocycles. The van der Waals surface area contributed by atoms with E-state index in [0.717, 1.165) is 25.0 Å². The molecule has 3 nitrogen and oxygen atoms in total. The second kappa shape index (κ2) is 5.48. The maximum atomic E-state index is 6.16. The van der Waals surface area contributed by atoms with E-state index in [2.05, 4.69) is 32.8 Å². The van der Waals surface area contributed by atoms with Crippen molar-refractivity contribution >= 4 is 0 Å². The van der Waals surface area contributed by atoms with Crippen molar-refractivity contribution in [3.8, 4) is 0 Å². The van der Waals surface area contributed by atoms with E-state index >= 15 is 0 Å². The van der Waals surface area contributed by atoms with Crippen molar-refractivity contribution in [2.75, 3.05) is 0 Å². The van der Waals surface area contributed by atoms with Crippen molar-refractivity contribution in [2.24, 2.45) is 18.7 Å². The van der Waals surface area contributed by atoms with Gasteiger partial charge in [-0.05, 0) is 38.2 Å². The molecule has 16 heavy (non-hydrogen) atoms. The number of rotatable bonds is 5. The minimum atomic E-state index is 0.309. The van der Waals surface area contributed by atoms with Crippen LogP contribution in [-0.2, 0) is 13.5 Å². The van der Waals surface area contributed by atoms with Gasteiger partial charge in [-0.25, -0.2) is 0 Å². The average molecular weight is 223 g/mol. The molecule has 0 aromatic carbocycles. The van der Waals surface area contributed by atoms with Crippen LogP contribution in [0.15, 0.2) is 0 Å². The normalized spacial score (nSPS) is 15.1. The summed E-state index contributed by atoms with van der Waals surface area (Å²) in [6.07, 6.45) is 3.27. The largest absolute Gasteiger partial charge is 0.327 e. The number of aryl methyl sites for hydroxylation is 2. The number of aromatic nitrogens is 2. The van der Waals surface area contributed by atoms with E-state index in [1.807, 2.05) is 11.7 Å². The number of hydrogen-bond acceptors (Lipinski definition) is 2. The Kier molecular flexibility index (Phi) is 4.54. The number of nitrogens with two attached hydrogens (primary N) is 1. The highest BCUT2D eigenvalue weighted by molar-refractivity contribution is 5.24. The topological polar surface area (TPSA) is 43.8 Å². The smallest absolute Gasteiger partial charge is 0.0628 e. The van der Waals surface area contributed by atoms with E-state index in [4.69, 9.17) is 5.73 Å². The van der Waals surface area contributed by atoms with Crippen LogP contribution < -0.4 is 5.73 Å². The van der Waals surface area contributed by atoms with E-state index in [-0.39, 0.29) is 0 Å². The molecule has 0 fully saturated rings. The minimum absolute atomic E-state index is 0.309. The minimum Gasteiger partial charge on any atom is -0.327 e. The van der Waals surface area contributed by atoms with Gasteiger partial charge >= 0.3 is 0 Å². The zero-order chi connectivity index (χ0) is 12.3. The fourth-order valence-electron chi connectivity index (χ4n) is 2.08. The highest BCUT2D eigenvalue weighted by Gasteiger charge is 2.14. The van der Waals surface area contributed by atoms with Crippen LogP contribution in [0.3, 0.4) is 0 Å². The van der Waals surface area contributed by atoms with Crippen molar-refractivity contribution in [2.45, 2.75) is 53.0 Å². The van der Waals surface area contributed by atoms with Crippen molar-refractivity contribution in [3.63, 3.8) is 0 Å². The van der Waals surface area contributed by atoms with Gasteiger partial charge in [0.25, 0.3) is 0 Å². The Morgan fingerprint density at radius 3 is 2.44 bits per heavy atom. The Morgan fingerprint density at radius 2 is 2.00 bits per heavy atom. The van der Waals surface area contributed by atoms with Gasteiger partial charge < -0.3 is 5.73 Å². The number of nitrogens with zero attached hydrogens (tertiary/aromatic N) is 2. The third-order valence-electron chi connectivity index (χ3n) is 3.76. The molecule has 2 unspecified atom stereocenters. The van der Waals surface area contributed by atoms with Crippen molar-refractivity contribution in [1.82, 2.24) is 9.78 Å². The maximum absolute atomic E-state index is 6.16. The molecule has 0 saturated carbocycles. The fourth-order valence-corrected chi connectivity index (χ4v) is 2.08. The molecule has 0 bridgehead atoms. The second-order valence-corrected chi connectivity index (χ2v) is 4.86. The first-order valence-electron chi connectivity index (χ1n) is 6.22. The summed E-state index contributed by atoms with van der Waals surface area (Å²) < 4.78 is 1.96. The Hall–Kier alpha value is -0.830. The Bertz CT molecular complexity index is 341. The van der Waals surface area contributed by atoms with Crippen molar-refractivity contribution in [3.05, 3.63) is 17.0 Å². The fraction of sp³-hybridized carbons (Fsp3) is 0.769. The lowest BCUT2D eigenvalue weighted by Gasteiger charge is -2.18. The zero-order valence-electron chi connectivity index (χ0n) is 11.2. The Labute approximate surface area is 99.0 Å². The van der Waals surface area contributed by atoms with E-state index in [1.165, 1.54) is 11.3 Å². The van der Waals surface area contributed by atoms with E-state index in [1.54, 1.807) is 0 Å². The van der Waals surface area contributed by atoms with Crippen LogP contribution in [0.5, 0.6) is 0 Å². The van der Waals surface area contributed by atoms with Crippen LogP contribution in [-0.4, -0.2) is 15.8 Å². The van der Waals surface area contributed by atoms with Crippen molar-refractivity contribution < 1.29 is 0 Å². The highest BCUT2D eigenvalue weighted by atomic mass is 15.3. The van der Waals surface area contributed by atoms with Gasteiger partial charge in [-0.15, -0.1) is 0 Å². The molecule has 1 aromatic heterocycles. The molecular weight excluding hydrogens is 198 g/mol. The number of hydrogen-bond donors (Lipinski definition) is 1. The summed E-state index contributed by atoms with van der Waals surface area (Å²) in [5.74, 6) is 0.609. The molecule has 1 aromatic rings. The first kappa shape index (κ1) is 13.2. The van der Waals surface area contributed by atoms with Crippen LogP contribution in [0.2, 0.25) is 0 Å². The predicted molar refractivity (Wildman–Crippen MR) is 68.4 cm³/mol. The molecule has 3 heteroatoms. The summed E-state index contributed by atoms with van der Waals surface area (Å²) in [5.41, 5.74) is 9.95. The van der Waals surface area contributed by atoms with Crippen LogP contribution in [0.4, 0.5) is 0 Å². The van der Waals surface area contributed by atoms with Gasteiger partial charge in [0.2, 0.25) is 0 Å². The molecule has 2 atom stereocenters. The predicted octanol–water partition coefficient (Wildman–Crippen LogP) is 2.34. The summed E-state index contributed by atoms with van der Waals surface area (Å²) in [5, 5.41) is 4.43. The average Bonchev–Trinajstić information content (AvgIpc) is 2.49. The zero-order valence-corrected chi connectivity index (χ0v) is 11.2. The third kappa shape index (κ3) is 2.85. The second-order valence-electron chi connectivity index (χ2n) is 4.86. The lowest BCUT2D eigenvalue weighted by atomic mass is 9.94. The molecular formula is C13H25N3. The SMILES string of the molecule is CCC(C)C(N)CCc1c(C)nn(C)c1C. The van der Waals surface area contributed by atoms with Crippen LogP contribution in [0.1, 0.15) is 43.6 Å². The Morgan fingerprint density at radius 1 is 1.38 bits per heavy atom. The summed E-state index contributed by atoms with van der Waals surface area (Å²) in [6.45, 7) is 8.64. The third-order valence-corrected chi connectivity index (χ3v) is 3.76. The first-order valence-corrected chi connectivity index (χ1v) is 6.22. The monoisotopic (exact) mass is 223 g/mol. The standard InChI is InChI=1S/C13H25N3/c1-6-9(2)13(14)8-7-12-10(3)15-16(5)11(12)4/h9,13H,6-8,14H2,1-5H3. The Balaban J connectivity index is 2.61. The summed E-state index contributed by atoms with van der Waals surface area (Å²) in [4.78, 5) is 0. The molecule has 0 radical (unpaired) electrons. The summed E-state index contributed by atoms with van der Waals surface area (Å²) >= 11 is 0. The lowest BCUT2D eigenvalue weighted by Crippen LogP contribution is -2.28. The highest BCUT2D eigenvalue weighted by Crippen LogP contribution is 2.17. The summed E-state index contributed by atoms with van der Waals surface area (Å²) in [7, 11) is 2.00. The quantitative estimate of drug-likeness (QED) is 0.832. The van der Waals surface area contributed by atoms with Gasteiger partial charge in [-0.2, -0.15) is 5.10 Å². The van der Waals surface area contributed by atoms with Gasteiger partial charge in [0.05, 0.1) is 5.69 Å². The first-order chi connectivity index (χ1) is 7.47. The van der Waals surface area contributed by atoms with E-state index in [9.17, 15) is 0 Å². The van der Waals surface area contributed by atoms with Gasteiger partial charge in [-0.3, -0.25) is 4.68 Å². The van der Waals surface area contributed by atoms with Crippen molar-refractivity contribution in [1.29, 1.82) is 0 Å². The molecule has 92 valence electrons. The van der Waals surface area contributed by atoms with Gasteiger partial charge in [0, 0.05) is 18.8 Å². The van der Waals surface area contributed by atoms with E-state index in [0.29, 0.717) is 12.0 Å². The molecule has 0 saturated heterocycles. The molecule has 1 rings (SSSR count).